The van der Waals surface area contributed by atoms with Gasteiger partial charge in [0, 0.05) is 17.3 Å². The maximum Gasteiger partial charge on any atom is 0.346 e. The van der Waals surface area contributed by atoms with Crippen LogP contribution in [0.1, 0.15) is 6.92 Å². The molecule has 0 unspecified atom stereocenters. The highest BCUT2D eigenvalue weighted by molar-refractivity contribution is 5.74. The number of methoxy groups -OCH3 is 1. The van der Waals surface area contributed by atoms with Crippen LogP contribution in [-0.2, 0) is 9.53 Å². The summed E-state index contributed by atoms with van der Waals surface area (Å²) in [6, 6.07) is 15.0. The van der Waals surface area contributed by atoms with E-state index in [1.54, 1.807) is 43.5 Å². The Balaban J connectivity index is 1.80. The molecule has 0 saturated heterocycles. The van der Waals surface area contributed by atoms with E-state index in [1.165, 1.54) is 19.2 Å². The fourth-order valence-corrected chi connectivity index (χ4v) is 2.38. The lowest BCUT2D eigenvalue weighted by molar-refractivity contribution is -0.147. The van der Waals surface area contributed by atoms with Crippen LogP contribution in [0.3, 0.4) is 0 Å². The summed E-state index contributed by atoms with van der Waals surface area (Å²) >= 11 is 0. The second kappa shape index (κ2) is 7.74. The number of nitrogens with zero attached hydrogens (tertiary/aromatic N) is 2. The number of aromatic nitrogens is 2. The third kappa shape index (κ3) is 4.03. The van der Waals surface area contributed by atoms with Crippen molar-refractivity contribution in [1.29, 1.82) is 0 Å². The van der Waals surface area contributed by atoms with Crippen molar-refractivity contribution < 1.29 is 18.7 Å². The Labute approximate surface area is 150 Å². The highest BCUT2D eigenvalue weighted by Crippen LogP contribution is 2.23. The second-order valence-electron chi connectivity index (χ2n) is 5.58. The quantitative estimate of drug-likeness (QED) is 0.652. The van der Waals surface area contributed by atoms with Gasteiger partial charge in [0.1, 0.15) is 11.6 Å². The molecule has 0 amide bonds. The molecule has 1 heterocycles. The largest absolute Gasteiger partial charge is 0.479 e. The van der Waals surface area contributed by atoms with Crippen LogP contribution in [0.5, 0.6) is 5.75 Å². The van der Waals surface area contributed by atoms with Crippen molar-refractivity contribution in [3.05, 3.63) is 66.6 Å². The minimum Gasteiger partial charge on any atom is -0.479 e. The average molecular weight is 352 g/mol. The minimum atomic E-state index is -0.691. The molecular formula is C20H17FN2O3. The molecule has 132 valence electrons. The first-order valence-corrected chi connectivity index (χ1v) is 8.01. The fourth-order valence-electron chi connectivity index (χ4n) is 2.38. The average Bonchev–Trinajstić information content (AvgIpc) is 2.68. The standard InChI is InChI=1S/C20H17FN2O3/c1-13(20(24)25-2)26-17-9-5-15(6-10-17)19-22-12-11-18(23-19)14-3-7-16(21)8-4-14/h3-13H,1-2H3/t13-/m0/s1. The predicted molar refractivity (Wildman–Crippen MR) is 95.0 cm³/mol. The zero-order valence-corrected chi connectivity index (χ0v) is 14.3. The summed E-state index contributed by atoms with van der Waals surface area (Å²) in [6.07, 6.45) is 0.967. The molecule has 2 aromatic carbocycles. The van der Waals surface area contributed by atoms with Crippen molar-refractivity contribution in [3.8, 4) is 28.4 Å². The zero-order valence-electron chi connectivity index (χ0n) is 14.3. The molecule has 1 aromatic heterocycles. The Morgan fingerprint density at radius 3 is 2.31 bits per heavy atom. The first-order chi connectivity index (χ1) is 12.6. The van der Waals surface area contributed by atoms with Crippen LogP contribution >= 0.6 is 0 Å². The van der Waals surface area contributed by atoms with E-state index >= 15 is 0 Å². The van der Waals surface area contributed by atoms with Crippen LogP contribution in [0.25, 0.3) is 22.6 Å². The molecule has 0 saturated carbocycles. The molecule has 0 fully saturated rings. The van der Waals surface area contributed by atoms with Gasteiger partial charge in [-0.3, -0.25) is 0 Å². The van der Waals surface area contributed by atoms with E-state index in [2.05, 4.69) is 14.7 Å². The topological polar surface area (TPSA) is 61.3 Å². The van der Waals surface area contributed by atoms with Crippen LogP contribution in [0, 0.1) is 5.82 Å². The summed E-state index contributed by atoms with van der Waals surface area (Å²) in [5.41, 5.74) is 2.31. The third-order valence-corrected chi connectivity index (χ3v) is 3.75. The lowest BCUT2D eigenvalue weighted by Gasteiger charge is -2.12. The van der Waals surface area contributed by atoms with Gasteiger partial charge in [-0.1, -0.05) is 0 Å². The van der Waals surface area contributed by atoms with E-state index in [0.717, 1.165) is 11.1 Å². The van der Waals surface area contributed by atoms with Gasteiger partial charge in [-0.25, -0.2) is 19.2 Å². The normalized spacial score (nSPS) is 11.7. The molecule has 6 heteroatoms. The number of ether oxygens (including phenoxy) is 2. The number of rotatable bonds is 5. The van der Waals surface area contributed by atoms with Crippen molar-refractivity contribution in [2.24, 2.45) is 0 Å². The van der Waals surface area contributed by atoms with Crippen molar-refractivity contribution >= 4 is 5.97 Å². The van der Waals surface area contributed by atoms with Gasteiger partial charge in [-0.2, -0.15) is 0 Å². The van der Waals surface area contributed by atoms with Gasteiger partial charge < -0.3 is 9.47 Å². The number of carbonyl (C=O) groups excluding carboxylic acids is 1. The second-order valence-corrected chi connectivity index (χ2v) is 5.58. The summed E-state index contributed by atoms with van der Waals surface area (Å²) in [7, 11) is 1.32. The predicted octanol–water partition coefficient (Wildman–Crippen LogP) is 3.89. The lowest BCUT2D eigenvalue weighted by Crippen LogP contribution is -2.24. The number of esters is 1. The summed E-state index contributed by atoms with van der Waals surface area (Å²) in [5.74, 6) is 0.352. The van der Waals surface area contributed by atoms with Gasteiger partial charge >= 0.3 is 5.97 Å². The Morgan fingerprint density at radius 2 is 1.65 bits per heavy atom. The molecule has 0 radical (unpaired) electrons. The summed E-state index contributed by atoms with van der Waals surface area (Å²) in [6.45, 7) is 1.62. The molecule has 5 nitrogen and oxygen atoms in total. The van der Waals surface area contributed by atoms with E-state index < -0.39 is 12.1 Å². The van der Waals surface area contributed by atoms with Gasteiger partial charge in [0.05, 0.1) is 12.8 Å². The number of hydrogen-bond acceptors (Lipinski definition) is 5. The van der Waals surface area contributed by atoms with Crippen molar-refractivity contribution in [1.82, 2.24) is 9.97 Å². The third-order valence-electron chi connectivity index (χ3n) is 3.75. The Kier molecular flexibility index (Phi) is 5.22. The molecule has 1 atom stereocenters. The fraction of sp³-hybridized carbons (Fsp3) is 0.150. The van der Waals surface area contributed by atoms with Crippen molar-refractivity contribution in [2.75, 3.05) is 7.11 Å². The van der Waals surface area contributed by atoms with E-state index in [4.69, 9.17) is 4.74 Å². The molecule has 0 bridgehead atoms. The van der Waals surface area contributed by atoms with Crippen molar-refractivity contribution in [3.63, 3.8) is 0 Å². The van der Waals surface area contributed by atoms with E-state index in [-0.39, 0.29) is 5.82 Å². The van der Waals surface area contributed by atoms with Crippen LogP contribution in [0.2, 0.25) is 0 Å². The minimum absolute atomic E-state index is 0.292. The Morgan fingerprint density at radius 1 is 1.00 bits per heavy atom. The molecule has 26 heavy (non-hydrogen) atoms. The molecule has 0 N–H and O–H groups in total. The van der Waals surface area contributed by atoms with Crippen LogP contribution in [0.4, 0.5) is 4.39 Å². The molecule has 0 aliphatic carbocycles. The lowest BCUT2D eigenvalue weighted by atomic mass is 10.1. The summed E-state index contributed by atoms with van der Waals surface area (Å²) < 4.78 is 23.2. The van der Waals surface area contributed by atoms with E-state index in [9.17, 15) is 9.18 Å². The summed E-state index contributed by atoms with van der Waals surface area (Å²) in [5, 5.41) is 0. The van der Waals surface area contributed by atoms with E-state index in [1.807, 2.05) is 12.1 Å². The molecule has 3 rings (SSSR count). The van der Waals surface area contributed by atoms with Gasteiger partial charge in [-0.05, 0) is 61.5 Å². The number of carbonyl (C=O) groups is 1. The van der Waals surface area contributed by atoms with Crippen LogP contribution in [0.15, 0.2) is 60.8 Å². The molecule has 0 aliphatic rings. The maximum atomic E-state index is 13.1. The first-order valence-electron chi connectivity index (χ1n) is 8.01. The molecule has 0 aliphatic heterocycles. The SMILES string of the molecule is COC(=O)[C@H](C)Oc1ccc(-c2nccc(-c3ccc(F)cc3)n2)cc1. The molecular weight excluding hydrogens is 335 g/mol. The summed E-state index contributed by atoms with van der Waals surface area (Å²) in [4.78, 5) is 20.2. The van der Waals surface area contributed by atoms with Gasteiger partial charge in [0.25, 0.3) is 0 Å². The van der Waals surface area contributed by atoms with Crippen molar-refractivity contribution in [2.45, 2.75) is 13.0 Å². The van der Waals surface area contributed by atoms with E-state index in [0.29, 0.717) is 17.3 Å². The van der Waals surface area contributed by atoms with Crippen LogP contribution in [-0.4, -0.2) is 29.2 Å². The number of hydrogen-bond donors (Lipinski definition) is 0. The molecule has 3 aromatic rings. The highest BCUT2D eigenvalue weighted by atomic mass is 19.1. The number of halogens is 1. The van der Waals surface area contributed by atoms with Gasteiger partial charge in [0.15, 0.2) is 11.9 Å². The zero-order chi connectivity index (χ0) is 18.5. The Bertz CT molecular complexity index is 896. The maximum absolute atomic E-state index is 13.1. The monoisotopic (exact) mass is 352 g/mol. The van der Waals surface area contributed by atoms with Crippen LogP contribution < -0.4 is 4.74 Å². The molecule has 0 spiro atoms. The van der Waals surface area contributed by atoms with Gasteiger partial charge in [-0.15, -0.1) is 0 Å². The highest BCUT2D eigenvalue weighted by Gasteiger charge is 2.14. The smallest absolute Gasteiger partial charge is 0.346 e. The van der Waals surface area contributed by atoms with Gasteiger partial charge in [0.2, 0.25) is 0 Å². The first kappa shape index (κ1) is 17.5. The Hall–Kier alpha value is -3.28. The number of benzene rings is 2.